The Balaban J connectivity index is 2.09. The van der Waals surface area contributed by atoms with E-state index in [0.29, 0.717) is 10.7 Å². The highest BCUT2D eigenvalue weighted by atomic mass is 35.5. The minimum atomic E-state index is -3.90. The molecule has 26 heavy (non-hydrogen) atoms. The molecule has 0 aliphatic rings. The van der Waals surface area contributed by atoms with Gasteiger partial charge in [0.05, 0.1) is 10.7 Å². The summed E-state index contributed by atoms with van der Waals surface area (Å²) >= 11 is 12.0. The molecule has 0 bridgehead atoms. The van der Waals surface area contributed by atoms with E-state index < -0.39 is 10.0 Å². The van der Waals surface area contributed by atoms with E-state index >= 15 is 0 Å². The lowest BCUT2D eigenvalue weighted by atomic mass is 10.2. The SMILES string of the molecule is CC(C)n1cc(S(=O)(=O)Nc2ccc(Cl)cc2Cl)c(-c2ccccc2)n1. The minimum Gasteiger partial charge on any atom is -0.278 e. The number of hydrogen-bond donors (Lipinski definition) is 1. The molecule has 0 saturated carbocycles. The minimum absolute atomic E-state index is 0.0144. The summed E-state index contributed by atoms with van der Waals surface area (Å²) in [5, 5.41) is 5.12. The number of halogens is 2. The second-order valence-corrected chi connectivity index (χ2v) is 8.51. The molecule has 1 heterocycles. The molecule has 0 aliphatic heterocycles. The monoisotopic (exact) mass is 409 g/mol. The number of nitrogens with one attached hydrogen (secondary N) is 1. The lowest BCUT2D eigenvalue weighted by Crippen LogP contribution is -2.13. The first-order valence-corrected chi connectivity index (χ1v) is 10.1. The number of hydrogen-bond acceptors (Lipinski definition) is 3. The standard InChI is InChI=1S/C18H17Cl2N3O2S/c1-12(2)23-11-17(18(21-23)13-6-4-3-5-7-13)26(24,25)22-16-9-8-14(19)10-15(16)20/h3-12,22H,1-2H3. The summed E-state index contributed by atoms with van der Waals surface area (Å²) in [5.41, 5.74) is 1.36. The Kier molecular flexibility index (Phi) is 5.27. The Morgan fingerprint density at radius 3 is 2.38 bits per heavy atom. The fourth-order valence-corrected chi connectivity index (χ4v) is 4.15. The Morgan fingerprint density at radius 1 is 1.08 bits per heavy atom. The van der Waals surface area contributed by atoms with Gasteiger partial charge in [-0.3, -0.25) is 9.40 Å². The highest BCUT2D eigenvalue weighted by Crippen LogP contribution is 2.31. The normalized spacial score (nSPS) is 11.7. The molecule has 3 rings (SSSR count). The van der Waals surface area contributed by atoms with Crippen molar-refractivity contribution < 1.29 is 8.42 Å². The summed E-state index contributed by atoms with van der Waals surface area (Å²) in [6.07, 6.45) is 1.53. The Morgan fingerprint density at radius 2 is 1.77 bits per heavy atom. The van der Waals surface area contributed by atoms with Crippen molar-refractivity contribution >= 4 is 38.9 Å². The van der Waals surface area contributed by atoms with Crippen molar-refractivity contribution in [3.05, 3.63) is 64.8 Å². The van der Waals surface area contributed by atoms with Gasteiger partial charge in [-0.15, -0.1) is 0 Å². The van der Waals surface area contributed by atoms with Gasteiger partial charge in [-0.25, -0.2) is 8.42 Å². The van der Waals surface area contributed by atoms with Gasteiger partial charge < -0.3 is 0 Å². The van der Waals surface area contributed by atoms with Gasteiger partial charge in [-0.2, -0.15) is 5.10 Å². The van der Waals surface area contributed by atoms with E-state index in [1.807, 2.05) is 44.2 Å². The Labute approximate surface area is 162 Å². The quantitative estimate of drug-likeness (QED) is 0.626. The molecule has 136 valence electrons. The van der Waals surface area contributed by atoms with E-state index in [0.717, 1.165) is 5.56 Å². The van der Waals surface area contributed by atoms with Crippen molar-refractivity contribution in [3.8, 4) is 11.3 Å². The van der Waals surface area contributed by atoms with Crippen LogP contribution in [0.4, 0.5) is 5.69 Å². The molecule has 0 saturated heterocycles. The van der Waals surface area contributed by atoms with Crippen LogP contribution in [0.25, 0.3) is 11.3 Å². The van der Waals surface area contributed by atoms with Gasteiger partial charge in [0.2, 0.25) is 0 Å². The molecule has 0 atom stereocenters. The van der Waals surface area contributed by atoms with Crippen LogP contribution in [-0.2, 0) is 10.0 Å². The number of rotatable bonds is 5. The number of nitrogens with zero attached hydrogens (tertiary/aromatic N) is 2. The lowest BCUT2D eigenvalue weighted by molar-refractivity contribution is 0.532. The molecule has 0 fully saturated rings. The van der Waals surface area contributed by atoms with Crippen LogP contribution in [-0.4, -0.2) is 18.2 Å². The van der Waals surface area contributed by atoms with Crippen LogP contribution in [0.1, 0.15) is 19.9 Å². The van der Waals surface area contributed by atoms with Gasteiger partial charge in [-0.1, -0.05) is 53.5 Å². The van der Waals surface area contributed by atoms with Crippen LogP contribution in [0, 0.1) is 0 Å². The van der Waals surface area contributed by atoms with E-state index in [-0.39, 0.29) is 21.6 Å². The van der Waals surface area contributed by atoms with Crippen molar-refractivity contribution in [2.45, 2.75) is 24.8 Å². The highest BCUT2D eigenvalue weighted by Gasteiger charge is 2.25. The van der Waals surface area contributed by atoms with Crippen molar-refractivity contribution in [1.82, 2.24) is 9.78 Å². The number of anilines is 1. The van der Waals surface area contributed by atoms with Gasteiger partial charge in [0, 0.05) is 22.8 Å². The van der Waals surface area contributed by atoms with Gasteiger partial charge in [0.25, 0.3) is 10.0 Å². The van der Waals surface area contributed by atoms with Crippen molar-refractivity contribution in [1.29, 1.82) is 0 Å². The maximum absolute atomic E-state index is 13.0. The molecule has 0 unspecified atom stereocenters. The van der Waals surface area contributed by atoms with Crippen LogP contribution in [0.2, 0.25) is 10.0 Å². The topological polar surface area (TPSA) is 64.0 Å². The molecule has 0 spiro atoms. The number of sulfonamides is 1. The first-order valence-electron chi connectivity index (χ1n) is 7.90. The second-order valence-electron chi connectivity index (χ2n) is 6.01. The summed E-state index contributed by atoms with van der Waals surface area (Å²) in [7, 11) is -3.90. The van der Waals surface area contributed by atoms with Gasteiger partial charge in [-0.05, 0) is 32.0 Å². The second kappa shape index (κ2) is 7.31. The molecule has 1 N–H and O–H groups in total. The third kappa shape index (κ3) is 3.87. The largest absolute Gasteiger partial charge is 0.278 e. The van der Waals surface area contributed by atoms with E-state index in [9.17, 15) is 8.42 Å². The van der Waals surface area contributed by atoms with Crippen molar-refractivity contribution in [2.24, 2.45) is 0 Å². The smallest absolute Gasteiger partial charge is 0.265 e. The van der Waals surface area contributed by atoms with E-state index in [4.69, 9.17) is 23.2 Å². The molecule has 5 nitrogen and oxygen atoms in total. The van der Waals surface area contributed by atoms with E-state index in [1.54, 1.807) is 10.7 Å². The van der Waals surface area contributed by atoms with Crippen LogP contribution in [0.5, 0.6) is 0 Å². The molecule has 1 aromatic heterocycles. The molecule has 0 radical (unpaired) electrons. The zero-order valence-corrected chi connectivity index (χ0v) is 16.5. The summed E-state index contributed by atoms with van der Waals surface area (Å²) in [4.78, 5) is 0.0865. The Hall–Kier alpha value is -2.02. The van der Waals surface area contributed by atoms with Crippen molar-refractivity contribution in [2.75, 3.05) is 4.72 Å². The van der Waals surface area contributed by atoms with E-state index in [2.05, 4.69) is 9.82 Å². The lowest BCUT2D eigenvalue weighted by Gasteiger charge is -2.10. The summed E-state index contributed by atoms with van der Waals surface area (Å²) in [6.45, 7) is 3.86. The summed E-state index contributed by atoms with van der Waals surface area (Å²) < 4.78 is 30.2. The maximum atomic E-state index is 13.0. The molecule has 0 amide bonds. The summed E-state index contributed by atoms with van der Waals surface area (Å²) in [5.74, 6) is 0. The third-order valence-electron chi connectivity index (χ3n) is 3.74. The molecular formula is C18H17Cl2N3O2S. The van der Waals surface area contributed by atoms with Crippen LogP contribution >= 0.6 is 23.2 Å². The first-order chi connectivity index (χ1) is 12.3. The zero-order chi connectivity index (χ0) is 18.9. The fraction of sp³-hybridized carbons (Fsp3) is 0.167. The molecule has 2 aromatic carbocycles. The predicted octanol–water partition coefficient (Wildman–Crippen LogP) is 5.24. The Bertz CT molecular complexity index is 1030. The summed E-state index contributed by atoms with van der Waals surface area (Å²) in [6, 6.07) is 13.8. The number of benzene rings is 2. The van der Waals surface area contributed by atoms with Gasteiger partial charge in [0.1, 0.15) is 10.6 Å². The fourth-order valence-electron chi connectivity index (χ4n) is 2.40. The van der Waals surface area contributed by atoms with Crippen LogP contribution < -0.4 is 4.72 Å². The van der Waals surface area contributed by atoms with Gasteiger partial charge in [0.15, 0.2) is 0 Å². The molecular weight excluding hydrogens is 393 g/mol. The average molecular weight is 410 g/mol. The maximum Gasteiger partial charge on any atom is 0.265 e. The molecule has 3 aromatic rings. The average Bonchev–Trinajstić information content (AvgIpc) is 3.05. The van der Waals surface area contributed by atoms with E-state index in [1.165, 1.54) is 18.3 Å². The number of aromatic nitrogens is 2. The highest BCUT2D eigenvalue weighted by molar-refractivity contribution is 7.92. The van der Waals surface area contributed by atoms with Crippen LogP contribution in [0.3, 0.4) is 0 Å². The first kappa shape index (κ1) is 18.8. The molecule has 0 aliphatic carbocycles. The van der Waals surface area contributed by atoms with Crippen molar-refractivity contribution in [3.63, 3.8) is 0 Å². The zero-order valence-electron chi connectivity index (χ0n) is 14.1. The van der Waals surface area contributed by atoms with Gasteiger partial charge >= 0.3 is 0 Å². The third-order valence-corrected chi connectivity index (χ3v) is 5.65. The van der Waals surface area contributed by atoms with Crippen LogP contribution in [0.15, 0.2) is 59.6 Å². The predicted molar refractivity (Wildman–Crippen MR) is 105 cm³/mol. The molecule has 8 heteroatoms.